The summed E-state index contributed by atoms with van der Waals surface area (Å²) >= 11 is 18.3. The molecule has 1 aromatic carbocycles. The van der Waals surface area contributed by atoms with Crippen LogP contribution in [-0.2, 0) is 13.6 Å². The molecular formula is C14H16Cl3N3. The van der Waals surface area contributed by atoms with Crippen molar-refractivity contribution in [3.8, 4) is 0 Å². The fraction of sp³-hybridized carbons (Fsp3) is 0.357. The third kappa shape index (κ3) is 3.29. The third-order valence-corrected chi connectivity index (χ3v) is 4.32. The van der Waals surface area contributed by atoms with Gasteiger partial charge in [-0.3, -0.25) is 4.68 Å². The first-order valence-corrected chi connectivity index (χ1v) is 7.40. The van der Waals surface area contributed by atoms with E-state index >= 15 is 0 Å². The van der Waals surface area contributed by atoms with Gasteiger partial charge in [0.15, 0.2) is 0 Å². The van der Waals surface area contributed by atoms with E-state index in [1.54, 1.807) is 10.7 Å². The van der Waals surface area contributed by atoms with E-state index in [9.17, 15) is 0 Å². The first-order valence-electron chi connectivity index (χ1n) is 6.26. The Kier molecular flexibility index (Phi) is 4.97. The van der Waals surface area contributed by atoms with Gasteiger partial charge >= 0.3 is 0 Å². The first-order chi connectivity index (χ1) is 9.40. The molecule has 0 saturated heterocycles. The Balaban J connectivity index is 2.10. The minimum atomic E-state index is 0.0930. The van der Waals surface area contributed by atoms with Crippen LogP contribution in [0, 0.1) is 6.92 Å². The maximum absolute atomic E-state index is 6.21. The zero-order valence-electron chi connectivity index (χ0n) is 11.5. The fourth-order valence-electron chi connectivity index (χ4n) is 2.09. The summed E-state index contributed by atoms with van der Waals surface area (Å²) in [5.74, 6) is 0. The number of hydrogen-bond acceptors (Lipinski definition) is 2. The summed E-state index contributed by atoms with van der Waals surface area (Å²) in [7, 11) is 1.83. The molecule has 1 N–H and O–H groups in total. The van der Waals surface area contributed by atoms with Crippen molar-refractivity contribution in [1.82, 2.24) is 15.1 Å². The van der Waals surface area contributed by atoms with Crippen LogP contribution in [0.1, 0.15) is 29.8 Å². The number of nitrogens with zero attached hydrogens (tertiary/aromatic N) is 2. The van der Waals surface area contributed by atoms with Gasteiger partial charge in [-0.1, -0.05) is 40.9 Å². The normalized spacial score (nSPS) is 12.7. The van der Waals surface area contributed by atoms with Crippen LogP contribution in [-0.4, -0.2) is 9.78 Å². The lowest BCUT2D eigenvalue weighted by Crippen LogP contribution is -2.18. The van der Waals surface area contributed by atoms with Crippen molar-refractivity contribution in [1.29, 1.82) is 0 Å². The van der Waals surface area contributed by atoms with Crippen LogP contribution in [0.4, 0.5) is 0 Å². The lowest BCUT2D eigenvalue weighted by molar-refractivity contribution is 0.573. The second-order valence-corrected chi connectivity index (χ2v) is 5.95. The molecule has 0 amide bonds. The average molecular weight is 333 g/mol. The molecule has 108 valence electrons. The fourth-order valence-corrected chi connectivity index (χ4v) is 2.91. The lowest BCUT2D eigenvalue weighted by atomic mass is 10.1. The van der Waals surface area contributed by atoms with Crippen molar-refractivity contribution in [2.75, 3.05) is 0 Å². The number of nitrogens with one attached hydrogen (secondary N) is 1. The quantitative estimate of drug-likeness (QED) is 0.891. The monoisotopic (exact) mass is 331 g/mol. The molecule has 0 radical (unpaired) electrons. The summed E-state index contributed by atoms with van der Waals surface area (Å²) < 4.78 is 1.67. The van der Waals surface area contributed by atoms with Gasteiger partial charge in [-0.2, -0.15) is 5.10 Å². The molecule has 2 aromatic rings. The van der Waals surface area contributed by atoms with Crippen LogP contribution >= 0.6 is 34.8 Å². The largest absolute Gasteiger partial charge is 0.306 e. The van der Waals surface area contributed by atoms with Crippen LogP contribution in [0.15, 0.2) is 18.2 Å². The van der Waals surface area contributed by atoms with Gasteiger partial charge < -0.3 is 5.32 Å². The molecule has 1 heterocycles. The minimum absolute atomic E-state index is 0.0930. The van der Waals surface area contributed by atoms with Crippen molar-refractivity contribution < 1.29 is 0 Å². The summed E-state index contributed by atoms with van der Waals surface area (Å²) in [6.07, 6.45) is 0. The number of rotatable bonds is 4. The Bertz CT molecular complexity index is 622. The highest BCUT2D eigenvalue weighted by Gasteiger charge is 2.14. The van der Waals surface area contributed by atoms with E-state index < -0.39 is 0 Å². The van der Waals surface area contributed by atoms with Crippen LogP contribution in [0.3, 0.4) is 0 Å². The SMILES string of the molecule is Cc1nn(C)c(Cl)c1CNC(C)c1ccc(Cl)cc1Cl. The average Bonchev–Trinajstić information content (AvgIpc) is 2.61. The molecule has 1 atom stereocenters. The lowest BCUT2D eigenvalue weighted by Gasteiger charge is -2.16. The molecule has 6 heteroatoms. The van der Waals surface area contributed by atoms with Crippen molar-refractivity contribution >= 4 is 34.8 Å². The number of aromatic nitrogens is 2. The molecule has 1 unspecified atom stereocenters. The van der Waals surface area contributed by atoms with E-state index in [0.29, 0.717) is 21.7 Å². The maximum Gasteiger partial charge on any atom is 0.131 e. The van der Waals surface area contributed by atoms with Gasteiger partial charge in [0.2, 0.25) is 0 Å². The second kappa shape index (κ2) is 6.35. The summed E-state index contributed by atoms with van der Waals surface area (Å²) in [5, 5.41) is 9.65. The zero-order valence-corrected chi connectivity index (χ0v) is 13.8. The smallest absolute Gasteiger partial charge is 0.131 e. The molecule has 0 aliphatic heterocycles. The van der Waals surface area contributed by atoms with Gasteiger partial charge in [0.1, 0.15) is 5.15 Å². The van der Waals surface area contributed by atoms with E-state index in [4.69, 9.17) is 34.8 Å². The van der Waals surface area contributed by atoms with Gasteiger partial charge in [-0.25, -0.2) is 0 Å². The van der Waals surface area contributed by atoms with Gasteiger partial charge in [0, 0.05) is 35.2 Å². The minimum Gasteiger partial charge on any atom is -0.306 e. The molecule has 0 fully saturated rings. The highest BCUT2D eigenvalue weighted by molar-refractivity contribution is 6.35. The van der Waals surface area contributed by atoms with E-state index in [1.165, 1.54) is 0 Å². The molecule has 0 saturated carbocycles. The molecule has 0 bridgehead atoms. The highest BCUT2D eigenvalue weighted by atomic mass is 35.5. The molecule has 0 spiro atoms. The predicted octanol–water partition coefficient (Wildman–Crippen LogP) is 4.54. The molecule has 20 heavy (non-hydrogen) atoms. The van der Waals surface area contributed by atoms with Crippen molar-refractivity contribution in [2.45, 2.75) is 26.4 Å². The topological polar surface area (TPSA) is 29.9 Å². The van der Waals surface area contributed by atoms with E-state index in [1.807, 2.05) is 26.1 Å². The summed E-state index contributed by atoms with van der Waals surface area (Å²) in [4.78, 5) is 0. The molecule has 1 aromatic heterocycles. The Morgan fingerprint density at radius 2 is 2.00 bits per heavy atom. The van der Waals surface area contributed by atoms with Gasteiger partial charge in [-0.05, 0) is 31.5 Å². The highest BCUT2D eigenvalue weighted by Crippen LogP contribution is 2.27. The molecule has 2 rings (SSSR count). The van der Waals surface area contributed by atoms with Crippen LogP contribution in [0.25, 0.3) is 0 Å². The number of halogens is 3. The molecule has 0 aliphatic carbocycles. The summed E-state index contributed by atoms with van der Waals surface area (Å²) in [5.41, 5.74) is 2.94. The van der Waals surface area contributed by atoms with Crippen molar-refractivity contribution in [3.63, 3.8) is 0 Å². The van der Waals surface area contributed by atoms with Crippen molar-refractivity contribution in [2.24, 2.45) is 7.05 Å². The molecule has 3 nitrogen and oxygen atoms in total. The van der Waals surface area contributed by atoms with Crippen LogP contribution in [0.2, 0.25) is 15.2 Å². The van der Waals surface area contributed by atoms with Crippen LogP contribution < -0.4 is 5.32 Å². The number of hydrogen-bond donors (Lipinski definition) is 1. The van der Waals surface area contributed by atoms with Gasteiger partial charge in [-0.15, -0.1) is 0 Å². The number of benzene rings is 1. The van der Waals surface area contributed by atoms with E-state index in [2.05, 4.69) is 17.3 Å². The van der Waals surface area contributed by atoms with Crippen molar-refractivity contribution in [3.05, 3.63) is 50.2 Å². The molecule has 0 aliphatic rings. The van der Waals surface area contributed by atoms with Gasteiger partial charge in [0.05, 0.1) is 5.69 Å². The Hall–Kier alpha value is -0.740. The Morgan fingerprint density at radius 3 is 2.55 bits per heavy atom. The summed E-state index contributed by atoms with van der Waals surface area (Å²) in [6, 6.07) is 5.61. The standard InChI is InChI=1S/C14H16Cl3N3/c1-8(11-5-4-10(15)6-13(11)16)18-7-12-9(2)19-20(3)14(12)17/h4-6,8,18H,7H2,1-3H3. The predicted molar refractivity (Wildman–Crippen MR) is 84.7 cm³/mol. The Morgan fingerprint density at radius 1 is 1.30 bits per heavy atom. The van der Waals surface area contributed by atoms with Crippen LogP contribution in [0.5, 0.6) is 0 Å². The zero-order chi connectivity index (χ0) is 14.9. The summed E-state index contributed by atoms with van der Waals surface area (Å²) in [6.45, 7) is 4.64. The maximum atomic E-state index is 6.21. The Labute approximate surface area is 133 Å². The second-order valence-electron chi connectivity index (χ2n) is 4.75. The van der Waals surface area contributed by atoms with Gasteiger partial charge in [0.25, 0.3) is 0 Å². The third-order valence-electron chi connectivity index (χ3n) is 3.28. The molecular weight excluding hydrogens is 317 g/mol. The number of aryl methyl sites for hydroxylation is 2. The van der Waals surface area contributed by atoms with E-state index in [0.717, 1.165) is 16.8 Å². The first kappa shape index (κ1) is 15.6. The van der Waals surface area contributed by atoms with E-state index in [-0.39, 0.29) is 6.04 Å².